The molecule has 0 aromatic heterocycles. The zero-order valence-electron chi connectivity index (χ0n) is 11.2. The summed E-state index contributed by atoms with van der Waals surface area (Å²) < 4.78 is 0. The first kappa shape index (κ1) is 13.0. The largest absolute Gasteiger partial charge is 0.481 e. The second-order valence-corrected chi connectivity index (χ2v) is 5.52. The molecule has 20 heavy (non-hydrogen) atoms. The molecule has 1 heterocycles. The molecule has 5 heteroatoms. The van der Waals surface area contributed by atoms with Gasteiger partial charge in [0.1, 0.15) is 0 Å². The lowest BCUT2D eigenvalue weighted by Crippen LogP contribution is -2.19. The van der Waals surface area contributed by atoms with Gasteiger partial charge < -0.3 is 15.3 Å². The Bertz CT molecular complexity index is 538. The minimum Gasteiger partial charge on any atom is -0.481 e. The summed E-state index contributed by atoms with van der Waals surface area (Å²) in [5, 5.41) is 11.7. The minimum atomic E-state index is -0.879. The quantitative estimate of drug-likeness (QED) is 0.880. The number of hydrogen-bond donors (Lipinski definition) is 2. The molecule has 1 saturated carbocycles. The van der Waals surface area contributed by atoms with E-state index in [1.54, 1.807) is 0 Å². The monoisotopic (exact) mass is 274 g/mol. The van der Waals surface area contributed by atoms with Crippen LogP contribution in [0.15, 0.2) is 24.3 Å². The Hall–Kier alpha value is -2.04. The average molecular weight is 274 g/mol. The van der Waals surface area contributed by atoms with E-state index in [2.05, 4.69) is 10.2 Å². The number of benzene rings is 1. The van der Waals surface area contributed by atoms with Gasteiger partial charge >= 0.3 is 5.97 Å². The van der Waals surface area contributed by atoms with E-state index in [9.17, 15) is 9.59 Å². The first-order valence-electron chi connectivity index (χ1n) is 7.04. The van der Waals surface area contributed by atoms with Gasteiger partial charge in [0.15, 0.2) is 0 Å². The molecule has 2 fully saturated rings. The highest BCUT2D eigenvalue weighted by molar-refractivity contribution is 5.98. The molecule has 106 valence electrons. The van der Waals surface area contributed by atoms with Crippen LogP contribution in [0.1, 0.15) is 19.3 Å². The number of aliphatic carboxylic acids is 1. The van der Waals surface area contributed by atoms with E-state index in [1.165, 1.54) is 12.8 Å². The fourth-order valence-electron chi connectivity index (χ4n) is 2.75. The summed E-state index contributed by atoms with van der Waals surface area (Å²) >= 11 is 0. The lowest BCUT2D eigenvalue weighted by atomic mass is 10.2. The van der Waals surface area contributed by atoms with Crippen molar-refractivity contribution in [3.05, 3.63) is 24.3 Å². The highest BCUT2D eigenvalue weighted by Gasteiger charge is 2.48. The van der Waals surface area contributed by atoms with Gasteiger partial charge in [-0.15, -0.1) is 0 Å². The zero-order chi connectivity index (χ0) is 14.1. The van der Waals surface area contributed by atoms with Crippen LogP contribution in [0.3, 0.4) is 0 Å². The lowest BCUT2D eigenvalue weighted by Gasteiger charge is -2.18. The third-order valence-corrected chi connectivity index (χ3v) is 4.03. The summed E-state index contributed by atoms with van der Waals surface area (Å²) in [6.45, 7) is 2.11. The Labute approximate surface area is 117 Å². The van der Waals surface area contributed by atoms with Gasteiger partial charge in [0.25, 0.3) is 0 Å². The van der Waals surface area contributed by atoms with Crippen molar-refractivity contribution in [2.24, 2.45) is 11.8 Å². The molecule has 1 saturated heterocycles. The molecular weight excluding hydrogens is 256 g/mol. The summed E-state index contributed by atoms with van der Waals surface area (Å²) in [6, 6.07) is 7.76. The predicted octanol–water partition coefficient (Wildman–Crippen LogP) is 1.95. The van der Waals surface area contributed by atoms with Crippen LogP contribution in [0.2, 0.25) is 0 Å². The second-order valence-electron chi connectivity index (χ2n) is 5.52. The molecule has 1 amide bonds. The van der Waals surface area contributed by atoms with Crippen LogP contribution in [-0.4, -0.2) is 30.1 Å². The number of rotatable bonds is 4. The standard InChI is InChI=1S/C15H18N2O3/c18-14(12-9-13(12)15(19)20)16-10-4-3-5-11(8-10)17-6-1-2-7-17/h3-5,8,12-13H,1-2,6-7,9H2,(H,16,18)(H,19,20)/t12-,13+/m1/s1. The van der Waals surface area contributed by atoms with Crippen LogP contribution in [-0.2, 0) is 9.59 Å². The molecule has 2 N–H and O–H groups in total. The van der Waals surface area contributed by atoms with Gasteiger partial charge in [-0.1, -0.05) is 6.07 Å². The number of anilines is 2. The number of carbonyl (C=O) groups is 2. The van der Waals surface area contributed by atoms with Gasteiger partial charge in [-0.2, -0.15) is 0 Å². The van der Waals surface area contributed by atoms with E-state index in [4.69, 9.17) is 5.11 Å². The predicted molar refractivity (Wildman–Crippen MR) is 75.8 cm³/mol. The molecule has 1 aromatic rings. The van der Waals surface area contributed by atoms with Crippen molar-refractivity contribution in [3.8, 4) is 0 Å². The average Bonchev–Trinajstić information content (AvgIpc) is 3.06. The van der Waals surface area contributed by atoms with Crippen LogP contribution in [0, 0.1) is 11.8 Å². The topological polar surface area (TPSA) is 69.6 Å². The lowest BCUT2D eigenvalue weighted by molar-refractivity contribution is -0.139. The molecule has 3 rings (SSSR count). The SMILES string of the molecule is O=C(O)[C@H]1C[C@H]1C(=O)Nc1cccc(N2CCCC2)c1. The fraction of sp³-hybridized carbons (Fsp3) is 0.467. The van der Waals surface area contributed by atoms with Crippen LogP contribution in [0.25, 0.3) is 0 Å². The summed E-state index contributed by atoms with van der Waals surface area (Å²) in [5.41, 5.74) is 1.86. The van der Waals surface area contributed by atoms with Gasteiger partial charge in [0.05, 0.1) is 11.8 Å². The normalized spacial score (nSPS) is 24.5. The number of amides is 1. The molecule has 1 aliphatic carbocycles. The van der Waals surface area contributed by atoms with Crippen molar-refractivity contribution in [1.29, 1.82) is 0 Å². The van der Waals surface area contributed by atoms with Crippen LogP contribution in [0.5, 0.6) is 0 Å². The van der Waals surface area contributed by atoms with E-state index >= 15 is 0 Å². The Morgan fingerprint density at radius 3 is 2.60 bits per heavy atom. The maximum atomic E-state index is 11.9. The summed E-state index contributed by atoms with van der Waals surface area (Å²) in [4.78, 5) is 25.0. The van der Waals surface area contributed by atoms with Crippen molar-refractivity contribution in [1.82, 2.24) is 0 Å². The number of nitrogens with one attached hydrogen (secondary N) is 1. The number of hydrogen-bond acceptors (Lipinski definition) is 3. The molecule has 0 bridgehead atoms. The first-order chi connectivity index (χ1) is 9.65. The zero-order valence-corrected chi connectivity index (χ0v) is 11.2. The number of carbonyl (C=O) groups excluding carboxylic acids is 1. The Morgan fingerprint density at radius 2 is 1.95 bits per heavy atom. The third kappa shape index (κ3) is 2.61. The van der Waals surface area contributed by atoms with E-state index in [0.717, 1.165) is 24.5 Å². The Balaban J connectivity index is 1.64. The first-order valence-corrected chi connectivity index (χ1v) is 7.04. The molecule has 2 atom stereocenters. The molecule has 0 spiro atoms. The maximum Gasteiger partial charge on any atom is 0.307 e. The highest BCUT2D eigenvalue weighted by atomic mass is 16.4. The Kier molecular flexibility index (Phi) is 3.34. The van der Waals surface area contributed by atoms with Gasteiger partial charge in [0.2, 0.25) is 5.91 Å². The fourth-order valence-corrected chi connectivity index (χ4v) is 2.75. The van der Waals surface area contributed by atoms with Crippen LogP contribution < -0.4 is 10.2 Å². The third-order valence-electron chi connectivity index (χ3n) is 4.03. The Morgan fingerprint density at radius 1 is 1.20 bits per heavy atom. The van der Waals surface area contributed by atoms with Gasteiger partial charge in [0, 0.05) is 24.5 Å². The molecule has 0 radical (unpaired) electrons. The van der Waals surface area contributed by atoms with E-state index in [1.807, 2.05) is 24.3 Å². The smallest absolute Gasteiger partial charge is 0.307 e. The summed E-state index contributed by atoms with van der Waals surface area (Å²) in [6.07, 6.45) is 2.87. The van der Waals surface area contributed by atoms with Gasteiger partial charge in [-0.05, 0) is 37.5 Å². The van der Waals surface area contributed by atoms with Gasteiger partial charge in [-0.3, -0.25) is 9.59 Å². The molecule has 5 nitrogen and oxygen atoms in total. The summed E-state index contributed by atoms with van der Waals surface area (Å²) in [5.74, 6) is -1.94. The van der Waals surface area contributed by atoms with E-state index < -0.39 is 11.9 Å². The van der Waals surface area contributed by atoms with Crippen molar-refractivity contribution >= 4 is 23.3 Å². The molecule has 1 aliphatic heterocycles. The highest BCUT2D eigenvalue weighted by Crippen LogP contribution is 2.39. The van der Waals surface area contributed by atoms with E-state index in [-0.39, 0.29) is 11.8 Å². The summed E-state index contributed by atoms with van der Waals surface area (Å²) in [7, 11) is 0. The van der Waals surface area contributed by atoms with Crippen molar-refractivity contribution in [2.75, 3.05) is 23.3 Å². The maximum absolute atomic E-state index is 11.9. The van der Waals surface area contributed by atoms with E-state index in [0.29, 0.717) is 6.42 Å². The number of nitrogens with zero attached hydrogens (tertiary/aromatic N) is 1. The van der Waals surface area contributed by atoms with Gasteiger partial charge in [-0.25, -0.2) is 0 Å². The van der Waals surface area contributed by atoms with Crippen molar-refractivity contribution < 1.29 is 14.7 Å². The number of carboxylic acid groups (broad SMARTS) is 1. The molecular formula is C15H18N2O3. The number of carboxylic acids is 1. The van der Waals surface area contributed by atoms with Crippen LogP contribution >= 0.6 is 0 Å². The molecule has 2 aliphatic rings. The minimum absolute atomic E-state index is 0.184. The molecule has 0 unspecified atom stereocenters. The van der Waals surface area contributed by atoms with Crippen molar-refractivity contribution in [2.45, 2.75) is 19.3 Å². The molecule has 1 aromatic carbocycles. The van der Waals surface area contributed by atoms with Crippen LogP contribution in [0.4, 0.5) is 11.4 Å². The second kappa shape index (κ2) is 5.15. The van der Waals surface area contributed by atoms with Crippen molar-refractivity contribution in [3.63, 3.8) is 0 Å².